The summed E-state index contributed by atoms with van der Waals surface area (Å²) in [5.74, 6) is 0.567. The summed E-state index contributed by atoms with van der Waals surface area (Å²) in [6, 6.07) is 0. The van der Waals surface area contributed by atoms with E-state index < -0.39 is 6.10 Å². The molecule has 1 aliphatic carbocycles. The van der Waals surface area contributed by atoms with Gasteiger partial charge in [-0.15, -0.1) is 0 Å². The van der Waals surface area contributed by atoms with Crippen molar-refractivity contribution in [1.82, 2.24) is 24.4 Å². The van der Waals surface area contributed by atoms with Crippen LogP contribution >= 0.6 is 0 Å². The Kier molecular flexibility index (Phi) is 3.61. The van der Waals surface area contributed by atoms with Gasteiger partial charge >= 0.3 is 0 Å². The molecule has 2 aromatic heterocycles. The van der Waals surface area contributed by atoms with Crippen LogP contribution in [0.4, 0.5) is 5.95 Å². The third-order valence-electron chi connectivity index (χ3n) is 4.64. The van der Waals surface area contributed by atoms with E-state index in [1.807, 2.05) is 14.1 Å². The van der Waals surface area contributed by atoms with Crippen LogP contribution < -0.4 is 5.56 Å². The topological polar surface area (TPSA) is 109 Å². The number of rotatable bonds is 3. The molecule has 24 heavy (non-hydrogen) atoms. The molecule has 2 fully saturated rings. The van der Waals surface area contributed by atoms with Gasteiger partial charge in [0, 0.05) is 14.1 Å². The molecule has 4 atom stereocenters. The molecule has 128 valence electrons. The minimum atomic E-state index is -0.411. The van der Waals surface area contributed by atoms with Crippen LogP contribution in [0.3, 0.4) is 0 Å². The molecule has 0 bridgehead atoms. The van der Waals surface area contributed by atoms with Crippen molar-refractivity contribution in [3.63, 3.8) is 0 Å². The van der Waals surface area contributed by atoms with Gasteiger partial charge in [-0.05, 0) is 25.2 Å². The summed E-state index contributed by atoms with van der Waals surface area (Å²) < 4.78 is 7.77. The maximum Gasteiger partial charge on any atom is 0.280 e. The fraction of sp³-hybridized carbons (Fsp3) is 0.600. The van der Waals surface area contributed by atoms with Crippen LogP contribution in [0.2, 0.25) is 0 Å². The molecule has 0 spiro atoms. The molecule has 1 aliphatic heterocycles. The van der Waals surface area contributed by atoms with Gasteiger partial charge in [0.05, 0.1) is 24.9 Å². The lowest BCUT2D eigenvalue weighted by atomic mass is 10.0. The van der Waals surface area contributed by atoms with Crippen molar-refractivity contribution < 1.29 is 9.84 Å². The highest BCUT2D eigenvalue weighted by Crippen LogP contribution is 2.43. The standard InChI is InChI=1S/C15H20N6O3/c1-20(2)6-17-15-18-13-11(14(23)19-15)16-7-21(13)10-5-8-3-4-9(22)12(8)24-10/h6-10,12,22H,3-5H2,1-2H3,(H,18,19,23)/b17-6-. The van der Waals surface area contributed by atoms with E-state index >= 15 is 0 Å². The Morgan fingerprint density at radius 3 is 3.08 bits per heavy atom. The van der Waals surface area contributed by atoms with E-state index in [0.717, 1.165) is 19.3 Å². The van der Waals surface area contributed by atoms with Gasteiger partial charge in [0.25, 0.3) is 5.56 Å². The summed E-state index contributed by atoms with van der Waals surface area (Å²) in [6.07, 6.45) is 4.86. The van der Waals surface area contributed by atoms with Gasteiger partial charge in [0.2, 0.25) is 5.95 Å². The Bertz CT molecular complexity index is 841. The highest BCUT2D eigenvalue weighted by Gasteiger charge is 2.44. The molecule has 0 radical (unpaired) electrons. The van der Waals surface area contributed by atoms with E-state index in [1.165, 1.54) is 0 Å². The molecule has 2 aromatic rings. The molecule has 3 heterocycles. The minimum absolute atomic E-state index is 0.138. The number of imidazole rings is 1. The number of H-pyrrole nitrogens is 1. The van der Waals surface area contributed by atoms with Gasteiger partial charge in [-0.1, -0.05) is 0 Å². The molecular weight excluding hydrogens is 312 g/mol. The number of hydrogen-bond acceptors (Lipinski definition) is 6. The van der Waals surface area contributed by atoms with Crippen LogP contribution in [0.1, 0.15) is 25.5 Å². The first-order valence-electron chi connectivity index (χ1n) is 8.04. The second-order valence-electron chi connectivity index (χ2n) is 6.62. The van der Waals surface area contributed by atoms with Crippen molar-refractivity contribution in [3.05, 3.63) is 16.7 Å². The Balaban J connectivity index is 1.70. The van der Waals surface area contributed by atoms with Crippen molar-refractivity contribution >= 4 is 23.5 Å². The lowest BCUT2D eigenvalue weighted by molar-refractivity contribution is -0.0525. The zero-order valence-corrected chi connectivity index (χ0v) is 13.6. The van der Waals surface area contributed by atoms with Crippen LogP contribution in [0.25, 0.3) is 11.2 Å². The number of nitrogens with one attached hydrogen (secondary N) is 1. The van der Waals surface area contributed by atoms with Gasteiger partial charge in [-0.3, -0.25) is 14.3 Å². The first kappa shape index (κ1) is 15.3. The lowest BCUT2D eigenvalue weighted by Gasteiger charge is -2.16. The van der Waals surface area contributed by atoms with Crippen LogP contribution in [0, 0.1) is 5.92 Å². The number of nitrogens with zero attached hydrogens (tertiary/aromatic N) is 5. The van der Waals surface area contributed by atoms with Crippen molar-refractivity contribution in [1.29, 1.82) is 0 Å². The Morgan fingerprint density at radius 2 is 2.33 bits per heavy atom. The third kappa shape index (κ3) is 2.49. The molecule has 0 amide bonds. The SMILES string of the molecule is CN(C)/C=N\c1nc2c(ncn2C2CC3CCC(O)C3O2)c(=O)[nH]1. The number of aliphatic imine (C=N–C) groups is 1. The van der Waals surface area contributed by atoms with Crippen molar-refractivity contribution in [2.75, 3.05) is 14.1 Å². The second-order valence-corrected chi connectivity index (χ2v) is 6.62. The van der Waals surface area contributed by atoms with Crippen LogP contribution in [0.15, 0.2) is 16.1 Å². The predicted molar refractivity (Wildman–Crippen MR) is 87.2 cm³/mol. The third-order valence-corrected chi connectivity index (χ3v) is 4.64. The van der Waals surface area contributed by atoms with Crippen LogP contribution in [-0.2, 0) is 4.74 Å². The Labute approximate surface area is 138 Å². The average molecular weight is 332 g/mol. The van der Waals surface area contributed by atoms with Gasteiger partial charge in [-0.25, -0.2) is 9.98 Å². The summed E-state index contributed by atoms with van der Waals surface area (Å²) >= 11 is 0. The van der Waals surface area contributed by atoms with E-state index in [2.05, 4.69) is 19.9 Å². The van der Waals surface area contributed by atoms with Gasteiger partial charge in [-0.2, -0.15) is 4.98 Å². The van der Waals surface area contributed by atoms with E-state index in [0.29, 0.717) is 11.6 Å². The molecule has 2 N–H and O–H groups in total. The predicted octanol–water partition coefficient (Wildman–Crippen LogP) is 0.399. The molecule has 0 aromatic carbocycles. The molecule has 2 aliphatic rings. The first-order valence-corrected chi connectivity index (χ1v) is 8.04. The number of aliphatic hydroxyl groups excluding tert-OH is 1. The normalized spacial score (nSPS) is 29.6. The number of fused-ring (bicyclic) bond motifs is 2. The summed E-state index contributed by atoms with van der Waals surface area (Å²) in [5, 5.41) is 9.99. The maximum atomic E-state index is 12.2. The van der Waals surface area contributed by atoms with Gasteiger partial charge in [0.1, 0.15) is 6.23 Å². The van der Waals surface area contributed by atoms with E-state index in [-0.39, 0.29) is 29.4 Å². The molecule has 1 saturated heterocycles. The number of aromatic nitrogens is 4. The summed E-state index contributed by atoms with van der Waals surface area (Å²) in [7, 11) is 3.67. The van der Waals surface area contributed by atoms with Crippen molar-refractivity contribution in [2.45, 2.75) is 37.7 Å². The number of hydrogen-bond donors (Lipinski definition) is 2. The van der Waals surface area contributed by atoms with Crippen molar-refractivity contribution in [3.8, 4) is 0 Å². The number of aromatic amines is 1. The van der Waals surface area contributed by atoms with E-state index in [1.54, 1.807) is 22.1 Å². The molecular formula is C15H20N6O3. The molecule has 4 rings (SSSR count). The van der Waals surface area contributed by atoms with Crippen molar-refractivity contribution in [2.24, 2.45) is 10.9 Å². The van der Waals surface area contributed by atoms with E-state index in [4.69, 9.17) is 4.74 Å². The van der Waals surface area contributed by atoms with Crippen LogP contribution in [-0.4, -0.2) is 62.2 Å². The maximum absolute atomic E-state index is 12.2. The molecule has 9 heteroatoms. The average Bonchev–Trinajstić information content (AvgIpc) is 3.21. The second kappa shape index (κ2) is 5.67. The van der Waals surface area contributed by atoms with E-state index in [9.17, 15) is 9.90 Å². The number of ether oxygens (including phenoxy) is 1. The first-order chi connectivity index (χ1) is 11.5. The summed E-state index contributed by atoms with van der Waals surface area (Å²) in [6.45, 7) is 0. The monoisotopic (exact) mass is 332 g/mol. The fourth-order valence-electron chi connectivity index (χ4n) is 3.51. The van der Waals surface area contributed by atoms with Gasteiger partial charge < -0.3 is 14.7 Å². The molecule has 4 unspecified atom stereocenters. The smallest absolute Gasteiger partial charge is 0.280 e. The fourth-order valence-corrected chi connectivity index (χ4v) is 3.51. The highest BCUT2D eigenvalue weighted by molar-refractivity contribution is 5.71. The Morgan fingerprint density at radius 1 is 1.50 bits per heavy atom. The Hall–Kier alpha value is -2.26. The zero-order chi connectivity index (χ0) is 16.8. The quantitative estimate of drug-likeness (QED) is 0.622. The lowest BCUT2D eigenvalue weighted by Crippen LogP contribution is -2.23. The van der Waals surface area contributed by atoms with Crippen LogP contribution in [0.5, 0.6) is 0 Å². The summed E-state index contributed by atoms with van der Waals surface area (Å²) in [4.78, 5) is 29.3. The molecule has 9 nitrogen and oxygen atoms in total. The number of aliphatic hydroxyl groups is 1. The summed E-state index contributed by atoms with van der Waals surface area (Å²) in [5.41, 5.74) is 0.381. The highest BCUT2D eigenvalue weighted by atomic mass is 16.5. The zero-order valence-electron chi connectivity index (χ0n) is 13.6. The molecule has 1 saturated carbocycles. The minimum Gasteiger partial charge on any atom is -0.390 e. The largest absolute Gasteiger partial charge is 0.390 e. The van der Waals surface area contributed by atoms with Gasteiger partial charge in [0.15, 0.2) is 11.2 Å².